The lowest BCUT2D eigenvalue weighted by molar-refractivity contribution is -0.139. The van der Waals surface area contributed by atoms with Crippen LogP contribution >= 0.6 is 22.6 Å². The Balaban J connectivity index is 2.56. The first-order chi connectivity index (χ1) is 7.95. The Bertz CT molecular complexity index is 430. The highest BCUT2D eigenvalue weighted by Gasteiger charge is 2.18. The number of ether oxygens (including phenoxy) is 1. The molecule has 1 aromatic rings. The molecule has 1 atom stereocenters. The lowest BCUT2D eigenvalue weighted by Gasteiger charge is -2.09. The third-order valence-corrected chi connectivity index (χ3v) is 3.08. The van der Waals surface area contributed by atoms with Gasteiger partial charge in [0, 0.05) is 13.6 Å². The molecule has 7 heteroatoms. The molecular weight excluding hydrogens is 337 g/mol. The summed E-state index contributed by atoms with van der Waals surface area (Å²) in [6.07, 6.45) is 0. The van der Waals surface area contributed by atoms with Crippen LogP contribution in [0.15, 0.2) is 6.07 Å². The van der Waals surface area contributed by atoms with Crippen molar-refractivity contribution in [1.29, 1.82) is 0 Å². The zero-order valence-electron chi connectivity index (χ0n) is 9.86. The Morgan fingerprint density at radius 2 is 2.29 bits per heavy atom. The number of hydrogen-bond donors (Lipinski definition) is 1. The number of halogens is 1. The van der Waals surface area contributed by atoms with Crippen LogP contribution in [0.2, 0.25) is 0 Å². The summed E-state index contributed by atoms with van der Waals surface area (Å²) in [7, 11) is 3.02. The number of amides is 1. The second-order valence-electron chi connectivity index (χ2n) is 3.50. The summed E-state index contributed by atoms with van der Waals surface area (Å²) in [5.41, 5.74) is 1.24. The van der Waals surface area contributed by atoms with Crippen LogP contribution < -0.4 is 5.32 Å². The van der Waals surface area contributed by atoms with Crippen molar-refractivity contribution < 1.29 is 14.3 Å². The maximum absolute atomic E-state index is 11.8. The van der Waals surface area contributed by atoms with E-state index in [0.717, 1.165) is 5.69 Å². The number of alkyl halides is 1. The van der Waals surface area contributed by atoms with Gasteiger partial charge in [0.25, 0.3) is 5.91 Å². The van der Waals surface area contributed by atoms with Crippen LogP contribution in [0.25, 0.3) is 0 Å². The summed E-state index contributed by atoms with van der Waals surface area (Å²) in [4.78, 5) is 22.9. The molecule has 0 saturated carbocycles. The van der Waals surface area contributed by atoms with E-state index in [4.69, 9.17) is 0 Å². The van der Waals surface area contributed by atoms with Gasteiger partial charge in [-0.1, -0.05) is 22.6 Å². The van der Waals surface area contributed by atoms with E-state index < -0.39 is 3.92 Å². The molecular formula is C10H14IN3O3. The molecule has 1 rings (SSSR count). The summed E-state index contributed by atoms with van der Waals surface area (Å²) >= 11 is 1.92. The van der Waals surface area contributed by atoms with E-state index >= 15 is 0 Å². The van der Waals surface area contributed by atoms with Crippen LogP contribution in [0.5, 0.6) is 0 Å². The SMILES string of the molecule is COC(=O)C(I)CNC(=O)c1cc(C)nn1C. The molecule has 1 N–H and O–H groups in total. The Labute approximate surface area is 113 Å². The summed E-state index contributed by atoms with van der Waals surface area (Å²) < 4.78 is 5.67. The first kappa shape index (κ1) is 13.9. The van der Waals surface area contributed by atoms with E-state index in [1.807, 2.05) is 29.5 Å². The third-order valence-electron chi connectivity index (χ3n) is 2.13. The van der Waals surface area contributed by atoms with Gasteiger partial charge in [-0.25, -0.2) is 0 Å². The fraction of sp³-hybridized carbons (Fsp3) is 0.500. The highest BCUT2D eigenvalue weighted by atomic mass is 127. The summed E-state index contributed by atoms with van der Waals surface area (Å²) in [6, 6.07) is 1.69. The van der Waals surface area contributed by atoms with E-state index in [0.29, 0.717) is 5.69 Å². The maximum atomic E-state index is 11.8. The minimum atomic E-state index is -0.393. The second-order valence-corrected chi connectivity index (χ2v) is 5.00. The molecule has 0 fully saturated rings. The molecule has 0 aliphatic heterocycles. The Morgan fingerprint density at radius 3 is 2.76 bits per heavy atom. The molecule has 1 amide bonds. The van der Waals surface area contributed by atoms with Crippen molar-refractivity contribution in [2.45, 2.75) is 10.8 Å². The van der Waals surface area contributed by atoms with E-state index in [9.17, 15) is 9.59 Å². The number of rotatable bonds is 4. The predicted octanol–water partition coefficient (Wildman–Crippen LogP) is 0.435. The molecule has 0 radical (unpaired) electrons. The van der Waals surface area contributed by atoms with Crippen molar-refractivity contribution in [3.8, 4) is 0 Å². The first-order valence-electron chi connectivity index (χ1n) is 4.96. The number of esters is 1. The molecule has 94 valence electrons. The Kier molecular flexibility index (Phi) is 4.91. The van der Waals surface area contributed by atoms with E-state index in [1.165, 1.54) is 11.8 Å². The van der Waals surface area contributed by atoms with Gasteiger partial charge in [0.15, 0.2) is 0 Å². The van der Waals surface area contributed by atoms with E-state index in [2.05, 4.69) is 15.2 Å². The van der Waals surface area contributed by atoms with E-state index in [-0.39, 0.29) is 18.4 Å². The van der Waals surface area contributed by atoms with Gasteiger partial charge < -0.3 is 10.1 Å². The maximum Gasteiger partial charge on any atom is 0.320 e. The smallest absolute Gasteiger partial charge is 0.320 e. The van der Waals surface area contributed by atoms with Crippen LogP contribution in [-0.4, -0.2) is 39.2 Å². The topological polar surface area (TPSA) is 73.2 Å². The largest absolute Gasteiger partial charge is 0.468 e. The molecule has 6 nitrogen and oxygen atoms in total. The minimum absolute atomic E-state index is 0.232. The van der Waals surface area contributed by atoms with Gasteiger partial charge >= 0.3 is 5.97 Å². The van der Waals surface area contributed by atoms with Gasteiger partial charge in [0.2, 0.25) is 0 Å². The summed E-state index contributed by atoms with van der Waals surface area (Å²) in [5, 5.41) is 6.73. The van der Waals surface area contributed by atoms with Gasteiger partial charge in [-0.3, -0.25) is 14.3 Å². The number of carbonyl (C=O) groups excluding carboxylic acids is 2. The average molecular weight is 351 g/mol. The fourth-order valence-electron chi connectivity index (χ4n) is 1.31. The van der Waals surface area contributed by atoms with Crippen LogP contribution in [0.1, 0.15) is 16.2 Å². The minimum Gasteiger partial charge on any atom is -0.468 e. The van der Waals surface area contributed by atoms with Crippen molar-refractivity contribution in [3.63, 3.8) is 0 Å². The van der Waals surface area contributed by atoms with Gasteiger partial charge in [0.05, 0.1) is 12.8 Å². The van der Waals surface area contributed by atoms with Crippen LogP contribution in [0.4, 0.5) is 0 Å². The van der Waals surface area contributed by atoms with Gasteiger partial charge in [-0.15, -0.1) is 0 Å². The van der Waals surface area contributed by atoms with Crippen molar-refractivity contribution in [2.24, 2.45) is 7.05 Å². The lowest BCUT2D eigenvalue weighted by atomic mass is 10.3. The second kappa shape index (κ2) is 5.99. The molecule has 1 unspecified atom stereocenters. The number of aromatic nitrogens is 2. The lowest BCUT2D eigenvalue weighted by Crippen LogP contribution is -2.34. The van der Waals surface area contributed by atoms with Crippen molar-refractivity contribution in [2.75, 3.05) is 13.7 Å². The molecule has 0 aromatic carbocycles. The Hall–Kier alpha value is -1.12. The zero-order chi connectivity index (χ0) is 13.0. The van der Waals surface area contributed by atoms with Gasteiger partial charge in [-0.2, -0.15) is 5.10 Å². The third kappa shape index (κ3) is 3.69. The van der Waals surface area contributed by atoms with Crippen LogP contribution in [0.3, 0.4) is 0 Å². The number of methoxy groups -OCH3 is 1. The number of nitrogens with zero attached hydrogens (tertiary/aromatic N) is 2. The normalized spacial score (nSPS) is 12.0. The van der Waals surface area contributed by atoms with Gasteiger partial charge in [0.1, 0.15) is 9.62 Å². The quantitative estimate of drug-likeness (QED) is 0.485. The van der Waals surface area contributed by atoms with Gasteiger partial charge in [-0.05, 0) is 13.0 Å². The van der Waals surface area contributed by atoms with Crippen molar-refractivity contribution in [3.05, 3.63) is 17.5 Å². The predicted molar refractivity (Wildman–Crippen MR) is 70.1 cm³/mol. The molecule has 0 aliphatic rings. The van der Waals surface area contributed by atoms with Crippen LogP contribution in [0, 0.1) is 6.92 Å². The molecule has 1 aromatic heterocycles. The zero-order valence-corrected chi connectivity index (χ0v) is 12.0. The van der Waals surface area contributed by atoms with Crippen molar-refractivity contribution in [1.82, 2.24) is 15.1 Å². The summed E-state index contributed by atoms with van der Waals surface area (Å²) in [5.74, 6) is -0.606. The molecule has 0 bridgehead atoms. The molecule has 1 heterocycles. The highest BCUT2D eigenvalue weighted by molar-refractivity contribution is 14.1. The standard InChI is InChI=1S/C10H14IN3O3/c1-6-4-8(14(2)13-6)9(15)12-5-7(11)10(16)17-3/h4,7H,5H2,1-3H3,(H,12,15). The highest BCUT2D eigenvalue weighted by Crippen LogP contribution is 2.04. The molecule has 0 saturated heterocycles. The number of carbonyl (C=O) groups is 2. The molecule has 0 aliphatic carbocycles. The fourth-order valence-corrected chi connectivity index (χ4v) is 1.78. The van der Waals surface area contributed by atoms with Crippen molar-refractivity contribution >= 4 is 34.5 Å². The monoisotopic (exact) mass is 351 g/mol. The Morgan fingerprint density at radius 1 is 1.65 bits per heavy atom. The number of aryl methyl sites for hydroxylation is 2. The first-order valence-corrected chi connectivity index (χ1v) is 6.21. The molecule has 17 heavy (non-hydrogen) atoms. The van der Waals surface area contributed by atoms with E-state index in [1.54, 1.807) is 13.1 Å². The number of nitrogens with one attached hydrogen (secondary N) is 1. The average Bonchev–Trinajstić information content (AvgIpc) is 2.63. The number of hydrogen-bond acceptors (Lipinski definition) is 4. The van der Waals surface area contributed by atoms with Crippen LogP contribution in [-0.2, 0) is 16.6 Å². The summed E-state index contributed by atoms with van der Waals surface area (Å²) in [6.45, 7) is 2.04. The molecule has 0 spiro atoms.